The zero-order valence-electron chi connectivity index (χ0n) is 9.28. The molecule has 1 aromatic carbocycles. The molecule has 0 atom stereocenters. The highest BCUT2D eigenvalue weighted by Crippen LogP contribution is 2.08. The zero-order valence-corrected chi connectivity index (χ0v) is 9.28. The Morgan fingerprint density at radius 1 is 1.18 bits per heavy atom. The van der Waals surface area contributed by atoms with Gasteiger partial charge < -0.3 is 0 Å². The van der Waals surface area contributed by atoms with Crippen molar-refractivity contribution in [3.8, 4) is 0 Å². The summed E-state index contributed by atoms with van der Waals surface area (Å²) in [6.45, 7) is 0. The van der Waals surface area contributed by atoms with E-state index in [1.54, 1.807) is 12.1 Å². The Kier molecular flexibility index (Phi) is 3.69. The highest BCUT2D eigenvalue weighted by Gasteiger charge is 2.00. The van der Waals surface area contributed by atoms with Crippen LogP contribution in [0.2, 0.25) is 0 Å². The molecule has 0 unspecified atom stereocenters. The van der Waals surface area contributed by atoms with E-state index < -0.39 is 5.76 Å². The fraction of sp³-hybridized carbons (Fsp3) is 0.333. The Morgan fingerprint density at radius 2 is 1.88 bits per heavy atom. The molecule has 0 amide bonds. The molecule has 0 fully saturated rings. The van der Waals surface area contributed by atoms with Crippen LogP contribution in [0.25, 0.3) is 0 Å². The van der Waals surface area contributed by atoms with E-state index in [-0.39, 0.29) is 5.82 Å². The number of halogens is 1. The van der Waals surface area contributed by atoms with E-state index in [9.17, 15) is 9.18 Å². The number of H-pyrrole nitrogens is 1. The van der Waals surface area contributed by atoms with Crippen LogP contribution in [0.15, 0.2) is 33.6 Å². The molecule has 5 heteroatoms. The van der Waals surface area contributed by atoms with E-state index in [1.807, 2.05) is 0 Å². The monoisotopic (exact) mass is 236 g/mol. The number of hydrogen-bond donors (Lipinski definition) is 1. The van der Waals surface area contributed by atoms with E-state index >= 15 is 0 Å². The van der Waals surface area contributed by atoms with Gasteiger partial charge in [-0.25, -0.2) is 9.18 Å². The predicted molar refractivity (Wildman–Crippen MR) is 60.2 cm³/mol. The SMILES string of the molecule is O=c1[nH]c(CCCCc2ccc(F)cc2)no1. The van der Waals surface area contributed by atoms with E-state index in [2.05, 4.69) is 14.7 Å². The van der Waals surface area contributed by atoms with E-state index in [0.29, 0.717) is 12.2 Å². The van der Waals surface area contributed by atoms with Crippen molar-refractivity contribution >= 4 is 0 Å². The number of aryl methyl sites for hydroxylation is 2. The van der Waals surface area contributed by atoms with Gasteiger partial charge in [-0.3, -0.25) is 9.51 Å². The molecule has 4 nitrogen and oxygen atoms in total. The summed E-state index contributed by atoms with van der Waals surface area (Å²) >= 11 is 0. The number of nitrogens with zero attached hydrogens (tertiary/aromatic N) is 1. The minimum atomic E-state index is -0.515. The molecule has 0 radical (unpaired) electrons. The largest absolute Gasteiger partial charge is 0.438 e. The number of aromatic amines is 1. The molecule has 0 saturated carbocycles. The number of benzene rings is 1. The first-order chi connectivity index (χ1) is 8.24. The molecule has 17 heavy (non-hydrogen) atoms. The van der Waals surface area contributed by atoms with Crippen molar-refractivity contribution in [3.63, 3.8) is 0 Å². The molecule has 0 aliphatic carbocycles. The van der Waals surface area contributed by atoms with E-state index in [4.69, 9.17) is 0 Å². The molecule has 0 bridgehead atoms. The third-order valence-electron chi connectivity index (χ3n) is 2.53. The summed E-state index contributed by atoms with van der Waals surface area (Å²) < 4.78 is 17.0. The fourth-order valence-electron chi connectivity index (χ4n) is 1.64. The Hall–Kier alpha value is -1.91. The first-order valence-electron chi connectivity index (χ1n) is 5.53. The van der Waals surface area contributed by atoms with Crippen LogP contribution in [-0.2, 0) is 12.8 Å². The molecule has 0 saturated heterocycles. The van der Waals surface area contributed by atoms with Crippen LogP contribution < -0.4 is 5.76 Å². The van der Waals surface area contributed by atoms with Gasteiger partial charge in [-0.05, 0) is 37.0 Å². The topological polar surface area (TPSA) is 58.9 Å². The van der Waals surface area contributed by atoms with Gasteiger partial charge >= 0.3 is 5.76 Å². The fourth-order valence-corrected chi connectivity index (χ4v) is 1.64. The summed E-state index contributed by atoms with van der Waals surface area (Å²) in [6.07, 6.45) is 3.44. The first-order valence-corrected chi connectivity index (χ1v) is 5.53. The van der Waals surface area contributed by atoms with Crippen LogP contribution in [0.3, 0.4) is 0 Å². The molecular weight excluding hydrogens is 223 g/mol. The summed E-state index contributed by atoms with van der Waals surface area (Å²) in [5.74, 6) is -0.151. The van der Waals surface area contributed by atoms with Crippen LogP contribution in [0, 0.1) is 5.82 Å². The van der Waals surface area contributed by atoms with Gasteiger partial charge in [-0.2, -0.15) is 0 Å². The molecule has 1 aromatic heterocycles. The van der Waals surface area contributed by atoms with Gasteiger partial charge in [0.1, 0.15) is 5.82 Å². The van der Waals surface area contributed by atoms with Gasteiger partial charge in [0, 0.05) is 6.42 Å². The van der Waals surface area contributed by atoms with Gasteiger partial charge in [0.25, 0.3) is 0 Å². The summed E-state index contributed by atoms with van der Waals surface area (Å²) in [6, 6.07) is 6.50. The molecule has 2 rings (SSSR count). The van der Waals surface area contributed by atoms with Crippen molar-refractivity contribution in [1.82, 2.24) is 10.1 Å². The van der Waals surface area contributed by atoms with Gasteiger partial charge in [-0.15, -0.1) is 0 Å². The van der Waals surface area contributed by atoms with E-state index in [1.165, 1.54) is 12.1 Å². The molecule has 0 aliphatic heterocycles. The molecule has 0 spiro atoms. The molecule has 2 aromatic rings. The summed E-state index contributed by atoms with van der Waals surface area (Å²) in [5, 5.41) is 3.58. The number of hydrogen-bond acceptors (Lipinski definition) is 3. The van der Waals surface area contributed by atoms with Crippen molar-refractivity contribution in [2.45, 2.75) is 25.7 Å². The zero-order chi connectivity index (χ0) is 12.1. The second-order valence-electron chi connectivity index (χ2n) is 3.88. The molecule has 90 valence electrons. The summed E-state index contributed by atoms with van der Waals surface area (Å²) in [7, 11) is 0. The molecule has 1 N–H and O–H groups in total. The van der Waals surface area contributed by atoms with Crippen molar-refractivity contribution < 1.29 is 8.91 Å². The lowest BCUT2D eigenvalue weighted by atomic mass is 10.1. The second-order valence-corrected chi connectivity index (χ2v) is 3.88. The lowest BCUT2D eigenvalue weighted by molar-refractivity contribution is 0.380. The van der Waals surface area contributed by atoms with Crippen LogP contribution in [0.4, 0.5) is 4.39 Å². The van der Waals surface area contributed by atoms with Crippen LogP contribution >= 0.6 is 0 Å². The minimum absolute atomic E-state index is 0.214. The number of unbranched alkanes of at least 4 members (excludes halogenated alkanes) is 1. The normalized spacial score (nSPS) is 10.6. The standard InChI is InChI=1S/C12H13FN2O2/c13-10-7-5-9(6-8-10)3-1-2-4-11-14-12(16)17-15-11/h5-8H,1-4H2,(H,14,15,16). The Bertz CT molecular complexity index is 516. The van der Waals surface area contributed by atoms with E-state index in [0.717, 1.165) is 24.8 Å². The van der Waals surface area contributed by atoms with Crippen molar-refractivity contribution in [1.29, 1.82) is 0 Å². The smallest absolute Gasteiger partial charge is 0.296 e. The van der Waals surface area contributed by atoms with Crippen LogP contribution in [0.5, 0.6) is 0 Å². The summed E-state index contributed by atoms with van der Waals surface area (Å²) in [5.41, 5.74) is 1.11. The Labute approximate surface area is 97.5 Å². The van der Waals surface area contributed by atoms with Gasteiger partial charge in [-0.1, -0.05) is 17.3 Å². The highest BCUT2D eigenvalue weighted by molar-refractivity contribution is 5.15. The van der Waals surface area contributed by atoms with Gasteiger partial charge in [0.15, 0.2) is 5.82 Å². The molecule has 1 heterocycles. The van der Waals surface area contributed by atoms with Gasteiger partial charge in [0.05, 0.1) is 0 Å². The van der Waals surface area contributed by atoms with Crippen molar-refractivity contribution in [3.05, 3.63) is 52.0 Å². The Balaban J connectivity index is 1.73. The molecule has 0 aliphatic rings. The van der Waals surface area contributed by atoms with Crippen molar-refractivity contribution in [2.75, 3.05) is 0 Å². The lowest BCUT2D eigenvalue weighted by Crippen LogP contribution is -1.97. The first kappa shape index (κ1) is 11.6. The average molecular weight is 236 g/mol. The third-order valence-corrected chi connectivity index (χ3v) is 2.53. The quantitative estimate of drug-likeness (QED) is 0.808. The highest BCUT2D eigenvalue weighted by atomic mass is 19.1. The number of rotatable bonds is 5. The predicted octanol–water partition coefficient (Wildman–Crippen LogP) is 2.07. The van der Waals surface area contributed by atoms with Gasteiger partial charge in [0.2, 0.25) is 0 Å². The maximum atomic E-state index is 12.6. The maximum absolute atomic E-state index is 12.6. The lowest BCUT2D eigenvalue weighted by Gasteiger charge is -2.00. The average Bonchev–Trinajstić information content (AvgIpc) is 2.73. The number of nitrogens with one attached hydrogen (secondary N) is 1. The summed E-state index contributed by atoms with van der Waals surface area (Å²) in [4.78, 5) is 13.2. The Morgan fingerprint density at radius 3 is 2.53 bits per heavy atom. The van der Waals surface area contributed by atoms with Crippen LogP contribution in [0.1, 0.15) is 24.2 Å². The number of aromatic nitrogens is 2. The molecular formula is C12H13FN2O2. The maximum Gasteiger partial charge on any atom is 0.438 e. The van der Waals surface area contributed by atoms with Crippen LogP contribution in [-0.4, -0.2) is 10.1 Å². The minimum Gasteiger partial charge on any atom is -0.296 e. The third kappa shape index (κ3) is 3.55. The second kappa shape index (κ2) is 5.43. The van der Waals surface area contributed by atoms with Crippen molar-refractivity contribution in [2.24, 2.45) is 0 Å².